The maximum atomic E-state index is 12.7. The van der Waals surface area contributed by atoms with Crippen LogP contribution in [0.3, 0.4) is 0 Å². The van der Waals surface area contributed by atoms with Crippen molar-refractivity contribution in [1.82, 2.24) is 9.55 Å². The number of aromatic nitrogens is 2. The number of hydrogen-bond donors (Lipinski definition) is 1. The van der Waals surface area contributed by atoms with Crippen LogP contribution in [0.25, 0.3) is 10.2 Å². The summed E-state index contributed by atoms with van der Waals surface area (Å²) in [7, 11) is 3.17. The van der Waals surface area contributed by atoms with Crippen molar-refractivity contribution >= 4 is 44.9 Å². The van der Waals surface area contributed by atoms with E-state index in [0.29, 0.717) is 34.2 Å². The minimum atomic E-state index is -0.178. The first-order chi connectivity index (χ1) is 13.1. The molecule has 0 spiro atoms. The number of carbonyl (C=O) groups excluding carboxylic acids is 1. The molecule has 2 heterocycles. The second-order valence-corrected chi connectivity index (χ2v) is 7.40. The van der Waals surface area contributed by atoms with Gasteiger partial charge in [0.15, 0.2) is 5.16 Å². The Kier molecular flexibility index (Phi) is 6.49. The lowest BCUT2D eigenvalue weighted by atomic mass is 10.3. The number of nitrogens with one attached hydrogen (secondary N) is 1. The van der Waals surface area contributed by atoms with Crippen molar-refractivity contribution in [2.45, 2.75) is 11.7 Å². The fourth-order valence-corrected chi connectivity index (χ4v) is 4.02. The molecule has 0 saturated carbocycles. The molecule has 1 aromatic carbocycles. The number of nitrogens with zero attached hydrogens (tertiary/aromatic N) is 2. The summed E-state index contributed by atoms with van der Waals surface area (Å²) in [4.78, 5) is 29.5. The van der Waals surface area contributed by atoms with Crippen LogP contribution in [-0.2, 0) is 16.1 Å². The van der Waals surface area contributed by atoms with Gasteiger partial charge in [0.25, 0.3) is 5.56 Å². The van der Waals surface area contributed by atoms with Gasteiger partial charge in [-0.2, -0.15) is 0 Å². The maximum Gasteiger partial charge on any atom is 0.272 e. The van der Waals surface area contributed by atoms with Gasteiger partial charge in [0.2, 0.25) is 5.91 Å². The topological polar surface area (TPSA) is 82.4 Å². The van der Waals surface area contributed by atoms with E-state index in [1.807, 2.05) is 11.4 Å². The summed E-state index contributed by atoms with van der Waals surface area (Å²) in [5, 5.41) is 5.16. The van der Waals surface area contributed by atoms with Gasteiger partial charge < -0.3 is 14.8 Å². The third kappa shape index (κ3) is 4.68. The Morgan fingerprint density at radius 2 is 2.04 bits per heavy atom. The van der Waals surface area contributed by atoms with Gasteiger partial charge in [0, 0.05) is 12.8 Å². The molecule has 0 radical (unpaired) electrons. The normalized spacial score (nSPS) is 10.9. The zero-order valence-corrected chi connectivity index (χ0v) is 16.6. The molecule has 0 fully saturated rings. The summed E-state index contributed by atoms with van der Waals surface area (Å²) < 4.78 is 12.4. The molecule has 7 nitrogen and oxygen atoms in total. The minimum Gasteiger partial charge on any atom is -0.497 e. The van der Waals surface area contributed by atoms with Gasteiger partial charge in [-0.1, -0.05) is 11.8 Å². The standard InChI is InChI=1S/C18H19N3O4S2/c1-24-9-8-21-17(23)16-14(7-10-26-16)20-18(21)27-11-15(22)19-12-3-5-13(25-2)6-4-12/h3-7,10H,8-9,11H2,1-2H3,(H,19,22). The van der Waals surface area contributed by atoms with Crippen LogP contribution in [-0.4, -0.2) is 42.0 Å². The number of thioether (sulfide) groups is 1. The molecule has 3 rings (SSSR count). The molecule has 27 heavy (non-hydrogen) atoms. The molecule has 9 heteroatoms. The number of ether oxygens (including phenoxy) is 2. The first-order valence-corrected chi connectivity index (χ1v) is 10.0. The summed E-state index contributed by atoms with van der Waals surface area (Å²) >= 11 is 2.59. The molecule has 0 aliphatic carbocycles. The molecule has 1 N–H and O–H groups in total. The van der Waals surface area contributed by atoms with Crippen LogP contribution in [0.5, 0.6) is 5.75 Å². The van der Waals surface area contributed by atoms with E-state index < -0.39 is 0 Å². The summed E-state index contributed by atoms with van der Waals surface area (Å²) in [6, 6.07) is 8.90. The van der Waals surface area contributed by atoms with E-state index in [1.54, 1.807) is 43.1 Å². The Bertz CT molecular complexity index is 982. The molecular weight excluding hydrogens is 386 g/mol. The molecular formula is C18H19N3O4S2. The molecule has 0 bridgehead atoms. The largest absolute Gasteiger partial charge is 0.497 e. The smallest absolute Gasteiger partial charge is 0.272 e. The van der Waals surface area contributed by atoms with Crippen LogP contribution in [0.2, 0.25) is 0 Å². The highest BCUT2D eigenvalue weighted by Gasteiger charge is 2.14. The van der Waals surface area contributed by atoms with Crippen molar-refractivity contribution in [3.63, 3.8) is 0 Å². The maximum absolute atomic E-state index is 12.7. The van der Waals surface area contributed by atoms with E-state index in [2.05, 4.69) is 10.3 Å². The molecule has 0 unspecified atom stereocenters. The van der Waals surface area contributed by atoms with Crippen LogP contribution in [0.1, 0.15) is 0 Å². The van der Waals surface area contributed by atoms with E-state index in [-0.39, 0.29) is 17.2 Å². The van der Waals surface area contributed by atoms with Gasteiger partial charge >= 0.3 is 0 Å². The van der Waals surface area contributed by atoms with E-state index in [0.717, 1.165) is 5.75 Å². The Morgan fingerprint density at radius 3 is 2.74 bits per heavy atom. The number of carbonyl (C=O) groups is 1. The summed E-state index contributed by atoms with van der Waals surface area (Å²) in [5.41, 5.74) is 1.22. The Morgan fingerprint density at radius 1 is 1.26 bits per heavy atom. The number of fused-ring (bicyclic) bond motifs is 1. The Balaban J connectivity index is 1.72. The number of thiophene rings is 1. The van der Waals surface area contributed by atoms with Crippen molar-refractivity contribution in [3.8, 4) is 5.75 Å². The highest BCUT2D eigenvalue weighted by molar-refractivity contribution is 7.99. The SMILES string of the molecule is COCCn1c(SCC(=O)Nc2ccc(OC)cc2)nc2ccsc2c1=O. The molecule has 142 valence electrons. The summed E-state index contributed by atoms with van der Waals surface area (Å²) in [6.45, 7) is 0.780. The number of anilines is 1. The van der Waals surface area contributed by atoms with Gasteiger partial charge in [-0.3, -0.25) is 14.2 Å². The van der Waals surface area contributed by atoms with Crippen molar-refractivity contribution in [2.24, 2.45) is 0 Å². The second kappa shape index (κ2) is 9.03. The predicted octanol–water partition coefficient (Wildman–Crippen LogP) is 2.84. The lowest BCUT2D eigenvalue weighted by Gasteiger charge is -2.11. The van der Waals surface area contributed by atoms with Crippen LogP contribution in [0.4, 0.5) is 5.69 Å². The molecule has 3 aromatic rings. The van der Waals surface area contributed by atoms with E-state index in [9.17, 15) is 9.59 Å². The Labute approximate surface area is 164 Å². The molecule has 1 amide bonds. The van der Waals surface area contributed by atoms with Crippen LogP contribution in [0, 0.1) is 0 Å². The van der Waals surface area contributed by atoms with Crippen molar-refractivity contribution < 1.29 is 14.3 Å². The molecule has 0 aliphatic heterocycles. The second-order valence-electron chi connectivity index (χ2n) is 5.54. The molecule has 0 saturated heterocycles. The van der Waals surface area contributed by atoms with Gasteiger partial charge in [0.05, 0.1) is 31.5 Å². The lowest BCUT2D eigenvalue weighted by molar-refractivity contribution is -0.113. The van der Waals surface area contributed by atoms with Crippen molar-refractivity contribution in [2.75, 3.05) is 31.9 Å². The number of rotatable bonds is 8. The third-order valence-electron chi connectivity index (χ3n) is 3.76. The average molecular weight is 406 g/mol. The zero-order chi connectivity index (χ0) is 19.2. The van der Waals surface area contributed by atoms with E-state index in [1.165, 1.54) is 23.1 Å². The van der Waals surface area contributed by atoms with Gasteiger partial charge in [-0.25, -0.2) is 4.98 Å². The van der Waals surface area contributed by atoms with Crippen molar-refractivity contribution in [3.05, 3.63) is 46.1 Å². The van der Waals surface area contributed by atoms with Crippen LogP contribution >= 0.6 is 23.1 Å². The molecule has 2 aromatic heterocycles. The molecule has 0 aliphatic rings. The fourth-order valence-electron chi connectivity index (χ4n) is 2.41. The average Bonchev–Trinajstić information content (AvgIpc) is 3.15. The Hall–Kier alpha value is -2.36. The van der Waals surface area contributed by atoms with E-state index in [4.69, 9.17) is 9.47 Å². The number of benzene rings is 1. The summed E-state index contributed by atoms with van der Waals surface area (Å²) in [6.07, 6.45) is 0. The quantitative estimate of drug-likeness (QED) is 0.458. The highest BCUT2D eigenvalue weighted by atomic mass is 32.2. The molecule has 0 atom stereocenters. The van der Waals surface area contributed by atoms with Crippen molar-refractivity contribution in [1.29, 1.82) is 0 Å². The third-order valence-corrected chi connectivity index (χ3v) is 5.62. The number of hydrogen-bond acceptors (Lipinski definition) is 7. The fraction of sp³-hybridized carbons (Fsp3) is 0.278. The minimum absolute atomic E-state index is 0.106. The van der Waals surface area contributed by atoms with Gasteiger partial charge in [0.1, 0.15) is 10.4 Å². The number of amides is 1. The first kappa shape index (κ1) is 19.4. The highest BCUT2D eigenvalue weighted by Crippen LogP contribution is 2.21. The summed E-state index contributed by atoms with van der Waals surface area (Å²) in [5.74, 6) is 0.682. The predicted molar refractivity (Wildman–Crippen MR) is 108 cm³/mol. The lowest BCUT2D eigenvalue weighted by Crippen LogP contribution is -2.25. The van der Waals surface area contributed by atoms with Gasteiger partial charge in [-0.05, 0) is 35.7 Å². The number of methoxy groups -OCH3 is 2. The van der Waals surface area contributed by atoms with Crippen LogP contribution in [0.15, 0.2) is 45.7 Å². The monoisotopic (exact) mass is 405 g/mol. The van der Waals surface area contributed by atoms with Gasteiger partial charge in [-0.15, -0.1) is 11.3 Å². The first-order valence-electron chi connectivity index (χ1n) is 8.16. The van der Waals surface area contributed by atoms with Crippen LogP contribution < -0.4 is 15.6 Å². The van der Waals surface area contributed by atoms with E-state index >= 15 is 0 Å². The zero-order valence-electron chi connectivity index (χ0n) is 14.9.